The molecule has 0 fully saturated rings. The Morgan fingerprint density at radius 2 is 1.71 bits per heavy atom. The van der Waals surface area contributed by atoms with E-state index in [1.807, 2.05) is 24.3 Å². The third-order valence-corrected chi connectivity index (χ3v) is 3.03. The highest BCUT2D eigenvalue weighted by Crippen LogP contribution is 2.32. The number of hydrogen-bond donors (Lipinski definition) is 0. The van der Waals surface area contributed by atoms with Crippen molar-refractivity contribution in [3.05, 3.63) is 48.7 Å². The number of ether oxygens (including phenoxy) is 3. The molecule has 0 bridgehead atoms. The Morgan fingerprint density at radius 3 is 2.52 bits per heavy atom. The van der Waals surface area contributed by atoms with Gasteiger partial charge in [-0.15, -0.1) is 0 Å². The van der Waals surface area contributed by atoms with Gasteiger partial charge in [0.05, 0.1) is 19.7 Å². The van der Waals surface area contributed by atoms with Gasteiger partial charge in [-0.1, -0.05) is 18.2 Å². The molecule has 0 unspecified atom stereocenters. The van der Waals surface area contributed by atoms with Gasteiger partial charge in [-0.2, -0.15) is 4.98 Å². The molecule has 3 aromatic rings. The molecular weight excluding hydrogens is 268 g/mol. The smallest absolute Gasteiger partial charge is 0.322 e. The zero-order valence-electron chi connectivity index (χ0n) is 11.7. The maximum Gasteiger partial charge on any atom is 0.322 e. The Balaban J connectivity index is 1.91. The second kappa shape index (κ2) is 5.66. The highest BCUT2D eigenvalue weighted by Gasteiger charge is 2.07. The molecule has 5 nitrogen and oxygen atoms in total. The minimum atomic E-state index is 0.293. The average Bonchev–Trinajstić information content (AvgIpc) is 2.54. The lowest BCUT2D eigenvalue weighted by Gasteiger charge is -2.09. The molecule has 0 atom stereocenters. The quantitative estimate of drug-likeness (QED) is 0.733. The molecule has 0 spiro atoms. The Bertz CT molecular complexity index is 774. The summed E-state index contributed by atoms with van der Waals surface area (Å²) in [7, 11) is 3.17. The number of fused-ring (bicyclic) bond motifs is 1. The molecule has 0 aliphatic carbocycles. The van der Waals surface area contributed by atoms with Crippen molar-refractivity contribution in [1.82, 2.24) is 9.97 Å². The molecule has 3 rings (SSSR count). The Hall–Kier alpha value is -2.82. The van der Waals surface area contributed by atoms with Gasteiger partial charge in [0, 0.05) is 17.6 Å². The van der Waals surface area contributed by atoms with Crippen LogP contribution in [0, 0.1) is 0 Å². The molecule has 5 heteroatoms. The van der Waals surface area contributed by atoms with Crippen molar-refractivity contribution in [2.75, 3.05) is 14.2 Å². The largest absolute Gasteiger partial charge is 0.493 e. The Labute approximate surface area is 122 Å². The van der Waals surface area contributed by atoms with Gasteiger partial charge in [0.15, 0.2) is 11.5 Å². The molecule has 1 heterocycles. The third kappa shape index (κ3) is 2.72. The summed E-state index contributed by atoms with van der Waals surface area (Å²) in [5.74, 6) is 1.82. The monoisotopic (exact) mass is 282 g/mol. The van der Waals surface area contributed by atoms with E-state index in [0.717, 1.165) is 10.9 Å². The molecule has 0 radical (unpaired) electrons. The number of rotatable bonds is 4. The van der Waals surface area contributed by atoms with Crippen molar-refractivity contribution < 1.29 is 14.2 Å². The number of methoxy groups -OCH3 is 2. The van der Waals surface area contributed by atoms with Crippen molar-refractivity contribution >= 4 is 10.9 Å². The minimum Gasteiger partial charge on any atom is -0.493 e. The lowest BCUT2D eigenvalue weighted by molar-refractivity contribution is 0.351. The topological polar surface area (TPSA) is 53.5 Å². The second-order valence-corrected chi connectivity index (χ2v) is 4.33. The predicted octanol–water partition coefficient (Wildman–Crippen LogP) is 3.44. The molecule has 21 heavy (non-hydrogen) atoms. The van der Waals surface area contributed by atoms with Crippen molar-refractivity contribution in [1.29, 1.82) is 0 Å². The number of hydrogen-bond acceptors (Lipinski definition) is 5. The molecule has 0 amide bonds. The van der Waals surface area contributed by atoms with E-state index in [9.17, 15) is 0 Å². The number of benzene rings is 2. The minimum absolute atomic E-state index is 0.293. The molecular formula is C16H14N2O3. The van der Waals surface area contributed by atoms with E-state index in [2.05, 4.69) is 9.97 Å². The van der Waals surface area contributed by atoms with Gasteiger partial charge in [0.1, 0.15) is 5.75 Å². The normalized spacial score (nSPS) is 10.4. The fraction of sp³-hybridized carbons (Fsp3) is 0.125. The van der Waals surface area contributed by atoms with Crippen molar-refractivity contribution in [3.8, 4) is 23.3 Å². The summed E-state index contributed by atoms with van der Waals surface area (Å²) in [4.78, 5) is 8.56. The maximum atomic E-state index is 5.67. The Morgan fingerprint density at radius 1 is 0.905 bits per heavy atom. The van der Waals surface area contributed by atoms with E-state index >= 15 is 0 Å². The highest BCUT2D eigenvalue weighted by molar-refractivity contribution is 5.77. The number of aromatic nitrogens is 2. The first-order valence-corrected chi connectivity index (χ1v) is 6.42. The summed E-state index contributed by atoms with van der Waals surface area (Å²) in [6.45, 7) is 0. The first-order chi connectivity index (χ1) is 10.3. The standard InChI is InChI=1S/C16H14N2O3/c1-19-14-8-7-12(9-15(14)20-2)21-16-17-10-11-5-3-4-6-13(11)18-16/h3-10H,1-2H3. The van der Waals surface area contributed by atoms with E-state index < -0.39 is 0 Å². The first kappa shape index (κ1) is 13.2. The fourth-order valence-corrected chi connectivity index (χ4v) is 1.99. The molecule has 106 valence electrons. The van der Waals surface area contributed by atoms with Crippen LogP contribution in [-0.2, 0) is 0 Å². The van der Waals surface area contributed by atoms with Crippen LogP contribution in [0.4, 0.5) is 0 Å². The maximum absolute atomic E-state index is 5.67. The molecule has 0 aliphatic rings. The van der Waals surface area contributed by atoms with E-state index in [0.29, 0.717) is 23.3 Å². The van der Waals surface area contributed by atoms with Gasteiger partial charge in [-0.3, -0.25) is 0 Å². The van der Waals surface area contributed by atoms with Crippen LogP contribution in [0.1, 0.15) is 0 Å². The summed E-state index contributed by atoms with van der Waals surface area (Å²) in [5.41, 5.74) is 0.836. The summed E-state index contributed by atoms with van der Waals surface area (Å²) in [6.07, 6.45) is 1.73. The van der Waals surface area contributed by atoms with Gasteiger partial charge in [0.25, 0.3) is 0 Å². The van der Waals surface area contributed by atoms with E-state index in [1.165, 1.54) is 0 Å². The van der Waals surface area contributed by atoms with Crippen LogP contribution >= 0.6 is 0 Å². The average molecular weight is 282 g/mol. The molecule has 1 aromatic heterocycles. The van der Waals surface area contributed by atoms with Gasteiger partial charge < -0.3 is 14.2 Å². The summed E-state index contributed by atoms with van der Waals surface area (Å²) in [5, 5.41) is 0.970. The molecule has 0 saturated heterocycles. The summed E-state index contributed by atoms with van der Waals surface area (Å²) in [6, 6.07) is 13.3. The van der Waals surface area contributed by atoms with Crippen LogP contribution in [0.25, 0.3) is 10.9 Å². The molecule has 0 saturated carbocycles. The predicted molar refractivity (Wildman–Crippen MR) is 79.2 cm³/mol. The van der Waals surface area contributed by atoms with Crippen molar-refractivity contribution in [2.24, 2.45) is 0 Å². The fourth-order valence-electron chi connectivity index (χ4n) is 1.99. The first-order valence-electron chi connectivity index (χ1n) is 6.42. The van der Waals surface area contributed by atoms with Gasteiger partial charge in [-0.05, 0) is 18.2 Å². The van der Waals surface area contributed by atoms with Crippen LogP contribution < -0.4 is 14.2 Å². The number of para-hydroxylation sites is 1. The SMILES string of the molecule is COc1ccc(Oc2ncc3ccccc3n2)cc1OC. The molecule has 2 aromatic carbocycles. The van der Waals surface area contributed by atoms with Gasteiger partial charge in [0.2, 0.25) is 0 Å². The van der Waals surface area contributed by atoms with Crippen LogP contribution in [0.15, 0.2) is 48.7 Å². The third-order valence-electron chi connectivity index (χ3n) is 3.03. The van der Waals surface area contributed by atoms with Crippen molar-refractivity contribution in [2.45, 2.75) is 0 Å². The Kier molecular flexibility index (Phi) is 3.55. The van der Waals surface area contributed by atoms with Gasteiger partial charge >= 0.3 is 6.01 Å². The summed E-state index contributed by atoms with van der Waals surface area (Å²) >= 11 is 0. The van der Waals surface area contributed by atoms with E-state index in [4.69, 9.17) is 14.2 Å². The van der Waals surface area contributed by atoms with Crippen LogP contribution in [-0.4, -0.2) is 24.2 Å². The molecule has 0 aliphatic heterocycles. The number of nitrogens with zero attached hydrogens (tertiary/aromatic N) is 2. The van der Waals surface area contributed by atoms with Gasteiger partial charge in [-0.25, -0.2) is 4.98 Å². The lowest BCUT2D eigenvalue weighted by atomic mass is 10.2. The van der Waals surface area contributed by atoms with Crippen LogP contribution in [0.3, 0.4) is 0 Å². The highest BCUT2D eigenvalue weighted by atomic mass is 16.5. The van der Waals surface area contributed by atoms with E-state index in [-0.39, 0.29) is 0 Å². The lowest BCUT2D eigenvalue weighted by Crippen LogP contribution is -1.94. The van der Waals surface area contributed by atoms with Crippen molar-refractivity contribution in [3.63, 3.8) is 0 Å². The van der Waals surface area contributed by atoms with Crippen LogP contribution in [0.5, 0.6) is 23.3 Å². The summed E-state index contributed by atoms with van der Waals surface area (Å²) < 4.78 is 16.1. The second-order valence-electron chi connectivity index (χ2n) is 4.33. The zero-order valence-corrected chi connectivity index (χ0v) is 11.7. The zero-order chi connectivity index (χ0) is 14.7. The van der Waals surface area contributed by atoms with Crippen LogP contribution in [0.2, 0.25) is 0 Å². The molecule has 0 N–H and O–H groups in total. The van der Waals surface area contributed by atoms with E-state index in [1.54, 1.807) is 38.6 Å².